The predicted molar refractivity (Wildman–Crippen MR) is 151 cm³/mol. The summed E-state index contributed by atoms with van der Waals surface area (Å²) in [4.78, 5) is 22.0. The van der Waals surface area contributed by atoms with Crippen molar-refractivity contribution in [2.75, 3.05) is 0 Å². The Morgan fingerprint density at radius 3 is 1.50 bits per heavy atom. The third-order valence-corrected chi connectivity index (χ3v) is 6.58. The van der Waals surface area contributed by atoms with Crippen LogP contribution in [0.1, 0.15) is 5.82 Å². The second-order valence-corrected chi connectivity index (χ2v) is 9.62. The van der Waals surface area contributed by atoms with Gasteiger partial charge in [-0.2, -0.15) is 0 Å². The standard InChI is InChI=1S/C27H18N6S3/c1-14-28-23(30-25(34)29-14)21-8-6-17-10-15(2-4-19(17)12-21)16-3-5-20-13-22(9-7-18(20)11-16)24-31-26(35)33-27(36)32-24/h2-13H,1H3,(H,28,29,30,34)(H2,31,32,33,35,36). The molecule has 0 radical (unpaired) electrons. The van der Waals surface area contributed by atoms with Crippen molar-refractivity contribution in [3.63, 3.8) is 0 Å². The molecule has 0 unspecified atom stereocenters. The van der Waals surface area contributed by atoms with Crippen molar-refractivity contribution in [3.05, 3.63) is 92.9 Å². The maximum absolute atomic E-state index is 5.20. The van der Waals surface area contributed by atoms with Gasteiger partial charge in [0, 0.05) is 11.1 Å². The van der Waals surface area contributed by atoms with Gasteiger partial charge in [0.1, 0.15) is 17.5 Å². The Labute approximate surface area is 221 Å². The first-order valence-corrected chi connectivity index (χ1v) is 12.4. The van der Waals surface area contributed by atoms with Crippen LogP contribution < -0.4 is 0 Å². The molecule has 4 aromatic carbocycles. The normalized spacial score (nSPS) is 11.2. The molecule has 0 saturated heterocycles. The van der Waals surface area contributed by atoms with Gasteiger partial charge >= 0.3 is 0 Å². The number of aromatic amines is 3. The van der Waals surface area contributed by atoms with Crippen molar-refractivity contribution in [1.29, 1.82) is 0 Å². The van der Waals surface area contributed by atoms with Crippen LogP contribution in [0, 0.1) is 21.2 Å². The summed E-state index contributed by atoms with van der Waals surface area (Å²) in [7, 11) is 0. The van der Waals surface area contributed by atoms with Crippen molar-refractivity contribution in [2.45, 2.75) is 6.92 Å². The summed E-state index contributed by atoms with van der Waals surface area (Å²) < 4.78 is 1.16. The number of H-pyrrole nitrogens is 3. The van der Waals surface area contributed by atoms with E-state index in [1.165, 1.54) is 0 Å². The molecule has 0 atom stereocenters. The molecule has 0 saturated carbocycles. The number of nitrogens with one attached hydrogen (secondary N) is 3. The van der Waals surface area contributed by atoms with E-state index in [4.69, 9.17) is 36.7 Å². The molecule has 174 valence electrons. The number of fused-ring (bicyclic) bond motifs is 2. The lowest BCUT2D eigenvalue weighted by atomic mass is 9.97. The van der Waals surface area contributed by atoms with Crippen LogP contribution in [0.25, 0.3) is 55.4 Å². The topological polar surface area (TPSA) is 86.0 Å². The summed E-state index contributed by atoms with van der Waals surface area (Å²) in [5.41, 5.74) is 4.21. The highest BCUT2D eigenvalue weighted by Gasteiger charge is 2.07. The highest BCUT2D eigenvalue weighted by molar-refractivity contribution is 7.72. The minimum absolute atomic E-state index is 0.340. The number of aromatic nitrogens is 6. The number of hydrogen-bond acceptors (Lipinski definition) is 6. The van der Waals surface area contributed by atoms with Gasteiger partial charge in [0.25, 0.3) is 0 Å². The van der Waals surface area contributed by atoms with Crippen molar-refractivity contribution >= 4 is 58.2 Å². The fourth-order valence-electron chi connectivity index (χ4n) is 4.30. The third kappa shape index (κ3) is 4.39. The maximum Gasteiger partial charge on any atom is 0.222 e. The van der Waals surface area contributed by atoms with Crippen molar-refractivity contribution in [1.82, 2.24) is 29.9 Å². The number of nitrogens with zero attached hydrogens (tertiary/aromatic N) is 3. The lowest BCUT2D eigenvalue weighted by molar-refractivity contribution is 0.966. The van der Waals surface area contributed by atoms with Gasteiger partial charge in [0.2, 0.25) is 9.54 Å². The molecule has 0 spiro atoms. The molecule has 2 heterocycles. The van der Waals surface area contributed by atoms with E-state index < -0.39 is 0 Å². The highest BCUT2D eigenvalue weighted by atomic mass is 32.1. The number of hydrogen-bond donors (Lipinski definition) is 3. The van der Waals surface area contributed by atoms with Crippen LogP contribution in [-0.4, -0.2) is 29.9 Å². The van der Waals surface area contributed by atoms with E-state index in [0.717, 1.165) is 55.4 Å². The molecule has 0 aliphatic carbocycles. The Balaban J connectivity index is 1.36. The van der Waals surface area contributed by atoms with Gasteiger partial charge in [0.05, 0.1) is 0 Å². The molecule has 3 N–H and O–H groups in total. The average Bonchev–Trinajstić information content (AvgIpc) is 2.86. The van der Waals surface area contributed by atoms with Crippen LogP contribution in [0.3, 0.4) is 0 Å². The van der Waals surface area contributed by atoms with Gasteiger partial charge in [-0.1, -0.05) is 48.5 Å². The third-order valence-electron chi connectivity index (χ3n) is 6.00. The Hall–Kier alpha value is -3.92. The first kappa shape index (κ1) is 22.5. The minimum atomic E-state index is 0.340. The van der Waals surface area contributed by atoms with Crippen LogP contribution in [0.2, 0.25) is 0 Å². The molecule has 6 nitrogen and oxygen atoms in total. The zero-order chi connectivity index (χ0) is 24.8. The van der Waals surface area contributed by atoms with E-state index in [0.29, 0.717) is 20.1 Å². The summed E-state index contributed by atoms with van der Waals surface area (Å²) in [5, 5.41) is 4.53. The second kappa shape index (κ2) is 8.94. The van der Waals surface area contributed by atoms with E-state index in [1.54, 1.807) is 0 Å². The smallest absolute Gasteiger partial charge is 0.222 e. The summed E-state index contributed by atoms with van der Waals surface area (Å²) in [6, 6.07) is 25.4. The first-order chi connectivity index (χ1) is 17.4. The molecule has 6 rings (SSSR count). The Morgan fingerprint density at radius 1 is 0.528 bits per heavy atom. The van der Waals surface area contributed by atoms with Gasteiger partial charge < -0.3 is 15.0 Å². The fraction of sp³-hybridized carbons (Fsp3) is 0.0370. The molecular weight excluding hydrogens is 505 g/mol. The summed E-state index contributed by atoms with van der Waals surface area (Å²) in [6.45, 7) is 1.88. The van der Waals surface area contributed by atoms with Gasteiger partial charge in [-0.3, -0.25) is 0 Å². The quantitative estimate of drug-likeness (QED) is 0.207. The van der Waals surface area contributed by atoms with Crippen molar-refractivity contribution in [3.8, 4) is 33.9 Å². The largest absolute Gasteiger partial charge is 0.328 e. The Morgan fingerprint density at radius 2 is 1.00 bits per heavy atom. The van der Waals surface area contributed by atoms with Crippen molar-refractivity contribution < 1.29 is 0 Å². The summed E-state index contributed by atoms with van der Waals surface area (Å²) in [6.07, 6.45) is 0. The number of rotatable bonds is 3. The van der Waals surface area contributed by atoms with Crippen LogP contribution >= 0.6 is 36.7 Å². The Bertz CT molecular complexity index is 1960. The molecule has 0 amide bonds. The number of benzene rings is 4. The molecule has 0 fully saturated rings. The zero-order valence-corrected chi connectivity index (χ0v) is 21.4. The predicted octanol–water partition coefficient (Wildman–Crippen LogP) is 7.66. The second-order valence-electron chi connectivity index (χ2n) is 8.46. The first-order valence-electron chi connectivity index (χ1n) is 11.2. The highest BCUT2D eigenvalue weighted by Crippen LogP contribution is 2.30. The van der Waals surface area contributed by atoms with E-state index in [9.17, 15) is 0 Å². The van der Waals surface area contributed by atoms with Gasteiger partial charge in [-0.25, -0.2) is 15.0 Å². The van der Waals surface area contributed by atoms with Crippen LogP contribution in [0.15, 0.2) is 72.8 Å². The lowest BCUT2D eigenvalue weighted by Gasteiger charge is -2.09. The molecule has 2 aromatic heterocycles. The zero-order valence-electron chi connectivity index (χ0n) is 19.0. The molecule has 36 heavy (non-hydrogen) atoms. The molecule has 0 aliphatic rings. The van der Waals surface area contributed by atoms with E-state index in [1.807, 2.05) is 13.0 Å². The van der Waals surface area contributed by atoms with Gasteiger partial charge in [0.15, 0.2) is 4.77 Å². The average molecular weight is 523 g/mol. The SMILES string of the molecule is Cc1nc(=S)nc(-c2ccc3cc(-c4ccc5cc(-c6nc(=S)[nH]c(=S)[nH]6)ccc5c4)ccc3c2)[nH]1. The molecule has 0 bridgehead atoms. The molecular formula is C27H18N6S3. The monoisotopic (exact) mass is 522 g/mol. The molecule has 0 aliphatic heterocycles. The van der Waals surface area contributed by atoms with Crippen molar-refractivity contribution in [2.24, 2.45) is 0 Å². The fourth-order valence-corrected chi connectivity index (χ4v) is 4.98. The van der Waals surface area contributed by atoms with Gasteiger partial charge in [-0.05, 0) is 101 Å². The molecule has 9 heteroatoms. The van der Waals surface area contributed by atoms with Crippen LogP contribution in [0.4, 0.5) is 0 Å². The van der Waals surface area contributed by atoms with E-state index in [-0.39, 0.29) is 0 Å². The van der Waals surface area contributed by atoms with Crippen LogP contribution in [-0.2, 0) is 0 Å². The lowest BCUT2D eigenvalue weighted by Crippen LogP contribution is -1.96. The number of aryl methyl sites for hydroxylation is 1. The van der Waals surface area contributed by atoms with Crippen LogP contribution in [0.5, 0.6) is 0 Å². The Kier molecular flexibility index (Phi) is 5.60. The van der Waals surface area contributed by atoms with E-state index in [2.05, 4.69) is 96.6 Å². The molecule has 6 aromatic rings. The maximum atomic E-state index is 5.20. The van der Waals surface area contributed by atoms with E-state index >= 15 is 0 Å². The van der Waals surface area contributed by atoms with Gasteiger partial charge in [-0.15, -0.1) is 0 Å². The summed E-state index contributed by atoms with van der Waals surface area (Å²) in [5.74, 6) is 2.12. The minimum Gasteiger partial charge on any atom is -0.328 e. The summed E-state index contributed by atoms with van der Waals surface area (Å²) >= 11 is 15.5.